The van der Waals surface area contributed by atoms with Crippen LogP contribution >= 0.6 is 11.6 Å². The highest BCUT2D eigenvalue weighted by Crippen LogP contribution is 2.31. The van der Waals surface area contributed by atoms with Gasteiger partial charge in [0.25, 0.3) is 5.91 Å². The van der Waals surface area contributed by atoms with Gasteiger partial charge in [-0.3, -0.25) is 4.79 Å². The lowest BCUT2D eigenvalue weighted by atomic mass is 9.78. The zero-order valence-electron chi connectivity index (χ0n) is 9.46. The Morgan fingerprint density at radius 2 is 2.29 bits per heavy atom. The number of carbonyl (C=O) groups excluding carboxylic acids is 1. The molecule has 0 aromatic carbocycles. The number of hydrogen-bond acceptors (Lipinski definition) is 3. The molecular weight excluding hydrogens is 238 g/mol. The van der Waals surface area contributed by atoms with Crippen LogP contribution in [0.1, 0.15) is 35.3 Å². The first-order valence-electron chi connectivity index (χ1n) is 5.43. The summed E-state index contributed by atoms with van der Waals surface area (Å²) in [5.74, 6) is -0.265. The van der Waals surface area contributed by atoms with Crippen LogP contribution in [-0.2, 0) is 0 Å². The molecule has 17 heavy (non-hydrogen) atoms. The van der Waals surface area contributed by atoms with Crippen LogP contribution in [0.2, 0.25) is 5.15 Å². The number of carbonyl (C=O) groups is 1. The van der Waals surface area contributed by atoms with E-state index in [9.17, 15) is 4.79 Å². The predicted octanol–water partition coefficient (Wildman–Crippen LogP) is 2.22. The molecule has 1 aromatic heterocycles. The van der Waals surface area contributed by atoms with Crippen molar-refractivity contribution < 1.29 is 4.79 Å². The lowest BCUT2D eigenvalue weighted by Crippen LogP contribution is -2.52. The maximum atomic E-state index is 12.0. The standard InChI is InChI=1S/C12H12ClN3O/c1-8-5-9(6-10(13)15-8)11(17)16-12(7-14)3-2-4-12/h5-6H,2-4H2,1H3,(H,16,17). The molecule has 0 radical (unpaired) electrons. The molecule has 1 saturated carbocycles. The second-order valence-corrected chi connectivity index (χ2v) is 4.71. The highest BCUT2D eigenvalue weighted by molar-refractivity contribution is 6.29. The Bertz CT molecular complexity index is 483. The average Bonchev–Trinajstić information content (AvgIpc) is 2.21. The third kappa shape index (κ3) is 2.40. The summed E-state index contributed by atoms with van der Waals surface area (Å²) in [5.41, 5.74) is 0.451. The van der Waals surface area contributed by atoms with Crippen molar-refractivity contribution in [2.24, 2.45) is 0 Å². The molecule has 88 valence electrons. The fraction of sp³-hybridized carbons (Fsp3) is 0.417. The number of nitrogens with one attached hydrogen (secondary N) is 1. The van der Waals surface area contributed by atoms with Crippen LogP contribution < -0.4 is 5.32 Å². The largest absolute Gasteiger partial charge is 0.334 e. The Morgan fingerprint density at radius 3 is 2.76 bits per heavy atom. The molecule has 0 aliphatic heterocycles. The van der Waals surface area contributed by atoms with Crippen molar-refractivity contribution >= 4 is 17.5 Å². The van der Waals surface area contributed by atoms with Gasteiger partial charge < -0.3 is 5.32 Å². The number of halogens is 1. The summed E-state index contributed by atoms with van der Waals surface area (Å²) in [7, 11) is 0. The number of pyridine rings is 1. The first kappa shape index (κ1) is 11.9. The number of hydrogen-bond donors (Lipinski definition) is 1. The van der Waals surface area contributed by atoms with Crippen LogP contribution in [0.4, 0.5) is 0 Å². The molecule has 1 aromatic rings. The van der Waals surface area contributed by atoms with Crippen molar-refractivity contribution in [1.29, 1.82) is 5.26 Å². The Hall–Kier alpha value is -1.60. The van der Waals surface area contributed by atoms with Gasteiger partial charge in [0.15, 0.2) is 0 Å². The summed E-state index contributed by atoms with van der Waals surface area (Å²) in [6.45, 7) is 1.77. The van der Waals surface area contributed by atoms with E-state index in [1.54, 1.807) is 13.0 Å². The summed E-state index contributed by atoms with van der Waals surface area (Å²) < 4.78 is 0. The summed E-state index contributed by atoms with van der Waals surface area (Å²) in [6, 6.07) is 5.33. The lowest BCUT2D eigenvalue weighted by Gasteiger charge is -2.35. The highest BCUT2D eigenvalue weighted by Gasteiger charge is 2.38. The topological polar surface area (TPSA) is 65.8 Å². The minimum absolute atomic E-state index is 0.265. The Balaban J connectivity index is 2.18. The van der Waals surface area contributed by atoms with Crippen LogP contribution in [0.3, 0.4) is 0 Å². The van der Waals surface area contributed by atoms with Crippen molar-refractivity contribution in [3.8, 4) is 6.07 Å². The molecule has 5 heteroatoms. The Kier molecular flexibility index (Phi) is 3.03. The van der Waals surface area contributed by atoms with Gasteiger partial charge in [-0.2, -0.15) is 5.26 Å². The summed E-state index contributed by atoms with van der Waals surface area (Å²) in [5, 5.41) is 12.1. The SMILES string of the molecule is Cc1cc(C(=O)NC2(C#N)CCC2)cc(Cl)n1. The van der Waals surface area contributed by atoms with Crippen molar-refractivity contribution in [3.63, 3.8) is 0 Å². The summed E-state index contributed by atoms with van der Waals surface area (Å²) in [4.78, 5) is 16.0. The van der Waals surface area contributed by atoms with Crippen molar-refractivity contribution in [3.05, 3.63) is 28.5 Å². The average molecular weight is 250 g/mol. The summed E-state index contributed by atoms with van der Waals surface area (Å²) in [6.07, 6.45) is 2.41. The molecule has 0 spiro atoms. The molecule has 0 unspecified atom stereocenters. The number of amides is 1. The van der Waals surface area contributed by atoms with E-state index in [2.05, 4.69) is 16.4 Å². The van der Waals surface area contributed by atoms with Gasteiger partial charge in [0.05, 0.1) is 6.07 Å². The van der Waals surface area contributed by atoms with Gasteiger partial charge in [-0.1, -0.05) is 11.6 Å². The van der Waals surface area contributed by atoms with E-state index < -0.39 is 5.54 Å². The van der Waals surface area contributed by atoms with E-state index in [1.807, 2.05) is 0 Å². The van der Waals surface area contributed by atoms with Gasteiger partial charge >= 0.3 is 0 Å². The number of nitriles is 1. The third-order valence-electron chi connectivity index (χ3n) is 2.96. The van der Waals surface area contributed by atoms with Gasteiger partial charge in [-0.25, -0.2) is 4.98 Å². The minimum atomic E-state index is -0.680. The first-order valence-corrected chi connectivity index (χ1v) is 5.80. The molecular formula is C12H12ClN3O. The number of rotatable bonds is 2. The number of nitrogens with zero attached hydrogens (tertiary/aromatic N) is 2. The van der Waals surface area contributed by atoms with E-state index in [4.69, 9.17) is 16.9 Å². The normalized spacial score (nSPS) is 16.8. The van der Waals surface area contributed by atoms with E-state index in [1.165, 1.54) is 6.07 Å². The van der Waals surface area contributed by atoms with Gasteiger partial charge in [-0.05, 0) is 38.3 Å². The molecule has 1 heterocycles. The van der Waals surface area contributed by atoms with E-state index in [-0.39, 0.29) is 11.1 Å². The third-order valence-corrected chi connectivity index (χ3v) is 3.15. The van der Waals surface area contributed by atoms with E-state index >= 15 is 0 Å². The Labute approximate surface area is 105 Å². The predicted molar refractivity (Wildman–Crippen MR) is 63.6 cm³/mol. The van der Waals surface area contributed by atoms with Crippen LogP contribution in [0.5, 0.6) is 0 Å². The molecule has 4 nitrogen and oxygen atoms in total. The van der Waals surface area contributed by atoms with Gasteiger partial charge in [0.1, 0.15) is 10.7 Å². The minimum Gasteiger partial charge on any atom is -0.334 e. The zero-order chi connectivity index (χ0) is 12.5. The van der Waals surface area contributed by atoms with Gasteiger partial charge in [0, 0.05) is 11.3 Å². The molecule has 0 atom stereocenters. The van der Waals surface area contributed by atoms with Crippen LogP contribution in [0, 0.1) is 18.3 Å². The maximum absolute atomic E-state index is 12.0. The molecule has 1 amide bonds. The smallest absolute Gasteiger partial charge is 0.252 e. The lowest BCUT2D eigenvalue weighted by molar-refractivity contribution is 0.0881. The monoisotopic (exact) mass is 249 g/mol. The molecule has 1 N–H and O–H groups in total. The molecule has 1 fully saturated rings. The van der Waals surface area contributed by atoms with Crippen LogP contribution in [0.15, 0.2) is 12.1 Å². The number of aryl methyl sites for hydroxylation is 1. The fourth-order valence-electron chi connectivity index (χ4n) is 1.84. The molecule has 1 aliphatic rings. The zero-order valence-corrected chi connectivity index (χ0v) is 10.2. The van der Waals surface area contributed by atoms with E-state index in [0.717, 1.165) is 6.42 Å². The van der Waals surface area contributed by atoms with Crippen molar-refractivity contribution in [1.82, 2.24) is 10.3 Å². The second kappa shape index (κ2) is 4.34. The molecule has 2 rings (SSSR count). The van der Waals surface area contributed by atoms with Gasteiger partial charge in [-0.15, -0.1) is 0 Å². The molecule has 1 aliphatic carbocycles. The van der Waals surface area contributed by atoms with E-state index in [0.29, 0.717) is 24.1 Å². The Morgan fingerprint density at radius 1 is 1.59 bits per heavy atom. The number of aromatic nitrogens is 1. The fourth-order valence-corrected chi connectivity index (χ4v) is 2.09. The van der Waals surface area contributed by atoms with Crippen LogP contribution in [0.25, 0.3) is 0 Å². The highest BCUT2D eigenvalue weighted by atomic mass is 35.5. The van der Waals surface area contributed by atoms with Crippen LogP contribution in [-0.4, -0.2) is 16.4 Å². The first-order chi connectivity index (χ1) is 8.04. The quantitative estimate of drug-likeness (QED) is 0.818. The second-order valence-electron chi connectivity index (χ2n) is 4.32. The maximum Gasteiger partial charge on any atom is 0.252 e. The summed E-state index contributed by atoms with van der Waals surface area (Å²) >= 11 is 5.79. The van der Waals surface area contributed by atoms with Crippen molar-refractivity contribution in [2.75, 3.05) is 0 Å². The molecule has 0 bridgehead atoms. The van der Waals surface area contributed by atoms with Crippen molar-refractivity contribution in [2.45, 2.75) is 31.7 Å². The van der Waals surface area contributed by atoms with Gasteiger partial charge in [0.2, 0.25) is 0 Å². The molecule has 0 saturated heterocycles.